The number of fused-ring (bicyclic) bond motifs is 2. The molecule has 0 saturated carbocycles. The van der Waals surface area contributed by atoms with E-state index in [1.54, 1.807) is 4.90 Å². The highest BCUT2D eigenvalue weighted by Crippen LogP contribution is 2.39. The van der Waals surface area contributed by atoms with Crippen LogP contribution in [0, 0.1) is 5.92 Å². The van der Waals surface area contributed by atoms with Gasteiger partial charge < -0.3 is 4.90 Å². The number of alkyl halides is 3. The van der Waals surface area contributed by atoms with Crippen LogP contribution in [-0.4, -0.2) is 29.1 Å². The van der Waals surface area contributed by atoms with Gasteiger partial charge in [0.25, 0.3) is 0 Å². The monoisotopic (exact) mass is 251 g/mol. The molecule has 0 N–H and O–H groups in total. The Bertz CT molecular complexity index is 294. The highest BCUT2D eigenvalue weighted by atomic mass is 19.4. The van der Waals surface area contributed by atoms with Crippen LogP contribution in [0.4, 0.5) is 13.2 Å². The van der Waals surface area contributed by atoms with Crippen LogP contribution in [0.2, 0.25) is 0 Å². The van der Waals surface area contributed by atoms with E-state index in [1.165, 1.54) is 0 Å². The fourth-order valence-electron chi connectivity index (χ4n) is 3.23. The van der Waals surface area contributed by atoms with E-state index in [2.05, 4.69) is 6.92 Å². The molecule has 2 bridgehead atoms. The van der Waals surface area contributed by atoms with Crippen LogP contribution < -0.4 is 0 Å². The lowest BCUT2D eigenvalue weighted by atomic mass is 9.92. The molecule has 2 nitrogen and oxygen atoms in total. The molecule has 2 aliphatic rings. The van der Waals surface area contributed by atoms with Crippen molar-refractivity contribution in [3.05, 3.63) is 0 Å². The molecular weight excluding hydrogens is 231 g/mol. The number of hydrogen-bond donors (Lipinski definition) is 0. The van der Waals surface area contributed by atoms with Crippen molar-refractivity contribution in [1.29, 1.82) is 0 Å². The Morgan fingerprint density at radius 2 is 1.82 bits per heavy atom. The zero-order chi connectivity index (χ0) is 12.6. The number of halogens is 3. The Balaban J connectivity index is 0.00000162. The average molecular weight is 251 g/mol. The zero-order valence-corrected chi connectivity index (χ0v) is 9.96. The summed E-state index contributed by atoms with van der Waals surface area (Å²) in [6.45, 7) is 2.16. The number of carbonyl (C=O) groups is 1. The summed E-state index contributed by atoms with van der Waals surface area (Å²) < 4.78 is 36.3. The van der Waals surface area contributed by atoms with E-state index in [-0.39, 0.29) is 25.8 Å². The summed E-state index contributed by atoms with van der Waals surface area (Å²) in [6.07, 6.45) is -1.76. The van der Waals surface area contributed by atoms with E-state index in [9.17, 15) is 18.0 Å². The van der Waals surface area contributed by atoms with E-state index in [0.717, 1.165) is 25.7 Å². The molecule has 2 saturated heterocycles. The van der Waals surface area contributed by atoms with E-state index in [1.807, 2.05) is 0 Å². The van der Waals surface area contributed by atoms with Crippen molar-refractivity contribution in [2.75, 3.05) is 0 Å². The highest BCUT2D eigenvalue weighted by Gasteiger charge is 2.42. The largest absolute Gasteiger partial charge is 0.389 e. The van der Waals surface area contributed by atoms with Crippen molar-refractivity contribution in [1.82, 2.24) is 4.90 Å². The Morgan fingerprint density at radius 1 is 1.29 bits per heavy atom. The molecule has 17 heavy (non-hydrogen) atoms. The predicted molar refractivity (Wildman–Crippen MR) is 59.5 cm³/mol. The van der Waals surface area contributed by atoms with Crippen LogP contribution in [0.15, 0.2) is 0 Å². The van der Waals surface area contributed by atoms with Crippen molar-refractivity contribution in [2.45, 2.75) is 63.7 Å². The third kappa shape index (κ3) is 2.93. The molecule has 2 fully saturated rings. The summed E-state index contributed by atoms with van der Waals surface area (Å²) in [4.78, 5) is 13.6. The van der Waals surface area contributed by atoms with Gasteiger partial charge >= 0.3 is 6.18 Å². The zero-order valence-electron chi connectivity index (χ0n) is 9.96. The van der Waals surface area contributed by atoms with Gasteiger partial charge in [0.2, 0.25) is 5.91 Å². The highest BCUT2D eigenvalue weighted by molar-refractivity contribution is 5.77. The molecule has 3 atom stereocenters. The van der Waals surface area contributed by atoms with Crippen molar-refractivity contribution in [3.8, 4) is 0 Å². The van der Waals surface area contributed by atoms with Crippen LogP contribution in [0.25, 0.3) is 0 Å². The van der Waals surface area contributed by atoms with Crippen molar-refractivity contribution < 1.29 is 19.4 Å². The molecule has 0 radical (unpaired) electrons. The van der Waals surface area contributed by atoms with Gasteiger partial charge in [-0.1, -0.05) is 6.92 Å². The molecule has 0 aromatic rings. The van der Waals surface area contributed by atoms with Crippen molar-refractivity contribution in [2.24, 2.45) is 5.92 Å². The van der Waals surface area contributed by atoms with Gasteiger partial charge in [0, 0.05) is 19.9 Å². The minimum absolute atomic E-state index is 0. The lowest BCUT2D eigenvalue weighted by Crippen LogP contribution is -2.46. The van der Waals surface area contributed by atoms with Crippen LogP contribution in [0.3, 0.4) is 0 Å². The normalized spacial score (nSPS) is 32.9. The van der Waals surface area contributed by atoms with Gasteiger partial charge in [0.1, 0.15) is 0 Å². The van der Waals surface area contributed by atoms with Crippen LogP contribution in [0.1, 0.15) is 46.9 Å². The second kappa shape index (κ2) is 4.50. The fraction of sp³-hybridized carbons (Fsp3) is 0.917. The molecule has 1 amide bonds. The Labute approximate surface area is 101 Å². The van der Waals surface area contributed by atoms with Gasteiger partial charge in [-0.2, -0.15) is 13.2 Å². The van der Waals surface area contributed by atoms with Crippen molar-refractivity contribution >= 4 is 5.91 Å². The maximum Gasteiger partial charge on any atom is 0.389 e. The molecular formula is C12H20F3NO. The summed E-state index contributed by atoms with van der Waals surface area (Å²) in [7, 11) is 0. The first-order chi connectivity index (χ1) is 7.87. The molecule has 0 spiro atoms. The quantitative estimate of drug-likeness (QED) is 0.737. The molecule has 1 unspecified atom stereocenters. The van der Waals surface area contributed by atoms with Crippen molar-refractivity contribution in [3.63, 3.8) is 0 Å². The van der Waals surface area contributed by atoms with Crippen LogP contribution in [-0.2, 0) is 4.79 Å². The predicted octanol–water partition coefficient (Wildman–Crippen LogP) is 3.36. The van der Waals surface area contributed by atoms with E-state index < -0.39 is 12.6 Å². The Morgan fingerprint density at radius 3 is 2.29 bits per heavy atom. The molecule has 2 aliphatic heterocycles. The minimum atomic E-state index is -4.22. The van der Waals surface area contributed by atoms with E-state index >= 15 is 0 Å². The average Bonchev–Trinajstić information content (AvgIpc) is 2.47. The second-order valence-electron chi connectivity index (χ2n) is 5.38. The maximum absolute atomic E-state index is 12.1. The molecule has 0 aliphatic carbocycles. The maximum atomic E-state index is 12.1. The first-order valence-electron chi connectivity index (χ1n) is 6.25. The third-order valence-electron chi connectivity index (χ3n) is 3.88. The molecule has 5 heteroatoms. The van der Waals surface area contributed by atoms with Gasteiger partial charge in [-0.3, -0.25) is 4.79 Å². The molecule has 100 valence electrons. The van der Waals surface area contributed by atoms with Gasteiger partial charge in [-0.05, 0) is 31.6 Å². The number of piperidine rings is 1. The van der Waals surface area contributed by atoms with Gasteiger partial charge in [-0.15, -0.1) is 0 Å². The summed E-state index contributed by atoms with van der Waals surface area (Å²) in [5, 5.41) is 0. The SMILES string of the molecule is CC1C[C@H]2CC[C@@H](C1)N2C(=O)CCC(F)(F)F.[HH]. The molecule has 0 aromatic heterocycles. The molecule has 2 heterocycles. The van der Waals surface area contributed by atoms with E-state index in [4.69, 9.17) is 0 Å². The molecule has 2 rings (SSSR count). The molecule has 0 aromatic carbocycles. The second-order valence-corrected chi connectivity index (χ2v) is 5.38. The van der Waals surface area contributed by atoms with Gasteiger partial charge in [0.05, 0.1) is 6.42 Å². The lowest BCUT2D eigenvalue weighted by molar-refractivity contribution is -0.152. The summed E-state index contributed by atoms with van der Waals surface area (Å²) >= 11 is 0. The first-order valence-corrected chi connectivity index (χ1v) is 6.25. The third-order valence-corrected chi connectivity index (χ3v) is 3.88. The summed E-state index contributed by atoms with van der Waals surface area (Å²) in [6, 6.07) is 0.397. The summed E-state index contributed by atoms with van der Waals surface area (Å²) in [5.74, 6) is 0.292. The Kier molecular flexibility index (Phi) is 3.36. The standard InChI is InChI=1S/C12H18F3NO.H2/c1-8-6-9-2-3-10(7-8)16(9)11(17)4-5-12(13,14)15;/h8-10H,2-7H2,1H3;1H/t8?,9-,10+;. The van der Waals surface area contributed by atoms with Crippen LogP contribution >= 0.6 is 0 Å². The minimum Gasteiger partial charge on any atom is -0.337 e. The Hall–Kier alpha value is -0.740. The number of amides is 1. The smallest absolute Gasteiger partial charge is 0.337 e. The number of nitrogens with zero attached hydrogens (tertiary/aromatic N) is 1. The van der Waals surface area contributed by atoms with E-state index in [0.29, 0.717) is 5.92 Å². The lowest BCUT2D eigenvalue weighted by Gasteiger charge is -2.38. The number of hydrogen-bond acceptors (Lipinski definition) is 1. The van der Waals surface area contributed by atoms with Gasteiger partial charge in [-0.25, -0.2) is 0 Å². The first kappa shape index (κ1) is 12.7. The van der Waals surface area contributed by atoms with Crippen LogP contribution in [0.5, 0.6) is 0 Å². The number of rotatable bonds is 2. The topological polar surface area (TPSA) is 20.3 Å². The van der Waals surface area contributed by atoms with Gasteiger partial charge in [0.15, 0.2) is 0 Å². The fourth-order valence-corrected chi connectivity index (χ4v) is 3.23. The number of carbonyl (C=O) groups excluding carboxylic acids is 1. The summed E-state index contributed by atoms with van der Waals surface area (Å²) in [5.41, 5.74) is 0.